The Kier molecular flexibility index (Phi) is 7.21. The largest absolute Gasteiger partial charge is 0.374 e. The lowest BCUT2D eigenvalue weighted by atomic mass is 10.0. The minimum absolute atomic E-state index is 0.163. The lowest BCUT2D eigenvalue weighted by Crippen LogP contribution is -2.32. The molecule has 0 saturated heterocycles. The van der Waals surface area contributed by atoms with Crippen LogP contribution in [-0.2, 0) is 14.8 Å². The van der Waals surface area contributed by atoms with E-state index in [-0.39, 0.29) is 16.8 Å². The Morgan fingerprint density at radius 1 is 0.893 bits per heavy atom. The molecule has 28 heavy (non-hydrogen) atoms. The molecule has 2 aromatic carbocycles. The van der Waals surface area contributed by atoms with E-state index >= 15 is 0 Å². The number of anilines is 2. The fourth-order valence-corrected chi connectivity index (χ4v) is 3.90. The molecule has 0 aromatic heterocycles. The van der Waals surface area contributed by atoms with Crippen molar-refractivity contribution in [3.63, 3.8) is 0 Å². The van der Waals surface area contributed by atoms with Crippen molar-refractivity contribution in [1.82, 2.24) is 4.72 Å². The lowest BCUT2D eigenvalue weighted by molar-refractivity contribution is -0.116. The van der Waals surface area contributed by atoms with Crippen molar-refractivity contribution < 1.29 is 13.2 Å². The number of rotatable bonds is 8. The van der Waals surface area contributed by atoms with Crippen LogP contribution >= 0.6 is 0 Å². The van der Waals surface area contributed by atoms with E-state index in [0.29, 0.717) is 11.6 Å². The molecular weight excluding hydrogens is 374 g/mol. The summed E-state index contributed by atoms with van der Waals surface area (Å²) in [5.41, 5.74) is 2.62. The Morgan fingerprint density at radius 3 is 2.11 bits per heavy atom. The molecule has 0 aliphatic rings. The van der Waals surface area contributed by atoms with Crippen molar-refractivity contribution in [2.45, 2.75) is 57.5 Å². The number of benzene rings is 2. The summed E-state index contributed by atoms with van der Waals surface area (Å²) >= 11 is 0. The smallest absolute Gasteiger partial charge is 0.246 e. The molecule has 0 unspecified atom stereocenters. The van der Waals surface area contributed by atoms with Crippen LogP contribution in [0.4, 0.5) is 11.4 Å². The molecule has 0 bridgehead atoms. The Balaban J connectivity index is 2.01. The normalized spacial score (nSPS) is 12.8. The molecule has 2 rings (SSSR count). The second-order valence-corrected chi connectivity index (χ2v) is 9.15. The van der Waals surface area contributed by atoms with Crippen LogP contribution in [0.25, 0.3) is 0 Å². The van der Waals surface area contributed by atoms with E-state index in [9.17, 15) is 13.2 Å². The summed E-state index contributed by atoms with van der Waals surface area (Å²) in [5, 5.41) is 6.00. The number of carbonyl (C=O) groups is 1. The van der Waals surface area contributed by atoms with E-state index in [1.54, 1.807) is 32.9 Å². The van der Waals surface area contributed by atoms with Gasteiger partial charge in [-0.05, 0) is 68.7 Å². The van der Waals surface area contributed by atoms with Crippen molar-refractivity contribution >= 4 is 27.3 Å². The van der Waals surface area contributed by atoms with Crippen molar-refractivity contribution in [2.24, 2.45) is 0 Å². The molecule has 7 heteroatoms. The van der Waals surface area contributed by atoms with Gasteiger partial charge in [0, 0.05) is 17.4 Å². The third-order valence-electron chi connectivity index (χ3n) is 4.15. The standard InChI is InChI=1S/C21H29N3O3S/c1-14(2)17-7-6-8-19(13-17)22-16(5)21(25)23-18-9-11-20(12-10-18)28(26,27)24-15(3)4/h6-16,22,24H,1-5H3,(H,23,25)/t16-/m1/s1. The summed E-state index contributed by atoms with van der Waals surface area (Å²) in [4.78, 5) is 12.6. The van der Waals surface area contributed by atoms with Crippen LogP contribution in [0.3, 0.4) is 0 Å². The first-order valence-corrected chi connectivity index (χ1v) is 10.9. The summed E-state index contributed by atoms with van der Waals surface area (Å²) < 4.78 is 26.8. The topological polar surface area (TPSA) is 87.3 Å². The van der Waals surface area contributed by atoms with E-state index in [0.717, 1.165) is 5.69 Å². The molecular formula is C21H29N3O3S. The van der Waals surface area contributed by atoms with Crippen molar-refractivity contribution in [3.8, 4) is 0 Å². The number of amides is 1. The van der Waals surface area contributed by atoms with Crippen molar-refractivity contribution in [2.75, 3.05) is 10.6 Å². The lowest BCUT2D eigenvalue weighted by Gasteiger charge is -2.17. The van der Waals surface area contributed by atoms with Gasteiger partial charge < -0.3 is 10.6 Å². The van der Waals surface area contributed by atoms with E-state index in [1.165, 1.54) is 17.7 Å². The molecule has 2 aromatic rings. The molecule has 0 aliphatic carbocycles. The number of nitrogens with one attached hydrogen (secondary N) is 3. The van der Waals surface area contributed by atoms with Gasteiger partial charge >= 0.3 is 0 Å². The summed E-state index contributed by atoms with van der Waals surface area (Å²) in [6, 6.07) is 13.5. The van der Waals surface area contributed by atoms with Gasteiger partial charge in [-0.1, -0.05) is 26.0 Å². The SMILES string of the molecule is CC(C)NS(=O)(=O)c1ccc(NC(=O)[C@@H](C)Nc2cccc(C(C)C)c2)cc1. The summed E-state index contributed by atoms with van der Waals surface area (Å²) in [6.45, 7) is 9.54. The Labute approximate surface area is 167 Å². The van der Waals surface area contributed by atoms with Gasteiger partial charge in [-0.3, -0.25) is 4.79 Å². The Hall–Kier alpha value is -2.38. The molecule has 6 nitrogen and oxygen atoms in total. The molecule has 0 spiro atoms. The zero-order chi connectivity index (χ0) is 20.9. The zero-order valence-corrected chi connectivity index (χ0v) is 17.8. The predicted molar refractivity (Wildman–Crippen MR) is 114 cm³/mol. The average molecular weight is 404 g/mol. The van der Waals surface area contributed by atoms with Crippen molar-refractivity contribution in [1.29, 1.82) is 0 Å². The zero-order valence-electron chi connectivity index (χ0n) is 17.0. The molecule has 0 radical (unpaired) electrons. The third-order valence-corrected chi connectivity index (χ3v) is 5.83. The highest BCUT2D eigenvalue weighted by Crippen LogP contribution is 2.19. The van der Waals surface area contributed by atoms with Gasteiger partial charge in [0.1, 0.15) is 6.04 Å². The number of hydrogen-bond acceptors (Lipinski definition) is 4. The number of sulfonamides is 1. The number of carbonyl (C=O) groups excluding carboxylic acids is 1. The van der Waals surface area contributed by atoms with Crippen LogP contribution in [0.5, 0.6) is 0 Å². The van der Waals surface area contributed by atoms with E-state index in [4.69, 9.17) is 0 Å². The highest BCUT2D eigenvalue weighted by atomic mass is 32.2. The van der Waals surface area contributed by atoms with Crippen LogP contribution in [0.1, 0.15) is 46.1 Å². The van der Waals surface area contributed by atoms with Gasteiger partial charge in [0.25, 0.3) is 0 Å². The maximum absolute atomic E-state index is 12.5. The molecule has 1 atom stereocenters. The highest BCUT2D eigenvalue weighted by Gasteiger charge is 2.16. The maximum atomic E-state index is 12.5. The highest BCUT2D eigenvalue weighted by molar-refractivity contribution is 7.89. The Bertz CT molecular complexity index is 907. The van der Waals surface area contributed by atoms with Crippen LogP contribution in [-0.4, -0.2) is 26.4 Å². The second-order valence-electron chi connectivity index (χ2n) is 7.44. The summed E-state index contributed by atoms with van der Waals surface area (Å²) in [6.07, 6.45) is 0. The van der Waals surface area contributed by atoms with Crippen molar-refractivity contribution in [3.05, 3.63) is 54.1 Å². The van der Waals surface area contributed by atoms with Gasteiger partial charge in [-0.2, -0.15) is 0 Å². The van der Waals surface area contributed by atoms with Gasteiger partial charge in [0.2, 0.25) is 15.9 Å². The second kappa shape index (κ2) is 9.21. The first kappa shape index (κ1) is 21.9. The van der Waals surface area contributed by atoms with Gasteiger partial charge in [0.05, 0.1) is 4.90 Å². The first-order chi connectivity index (χ1) is 13.1. The van der Waals surface area contributed by atoms with E-state index < -0.39 is 16.1 Å². The molecule has 0 heterocycles. The fourth-order valence-electron chi connectivity index (χ4n) is 2.65. The maximum Gasteiger partial charge on any atom is 0.246 e. The van der Waals surface area contributed by atoms with Crippen LogP contribution in [0.2, 0.25) is 0 Å². The predicted octanol–water partition coefficient (Wildman–Crippen LogP) is 3.94. The van der Waals surface area contributed by atoms with E-state index in [2.05, 4.69) is 35.3 Å². The van der Waals surface area contributed by atoms with Crippen LogP contribution in [0.15, 0.2) is 53.4 Å². The van der Waals surface area contributed by atoms with Gasteiger partial charge in [0.15, 0.2) is 0 Å². The molecule has 0 fully saturated rings. The average Bonchev–Trinajstić information content (AvgIpc) is 2.61. The summed E-state index contributed by atoms with van der Waals surface area (Å²) in [5.74, 6) is 0.205. The number of hydrogen-bond donors (Lipinski definition) is 3. The third kappa shape index (κ3) is 6.07. The molecule has 152 valence electrons. The molecule has 3 N–H and O–H groups in total. The first-order valence-electron chi connectivity index (χ1n) is 9.38. The monoisotopic (exact) mass is 403 g/mol. The summed E-state index contributed by atoms with van der Waals surface area (Å²) in [7, 11) is -3.55. The quantitative estimate of drug-likeness (QED) is 0.623. The van der Waals surface area contributed by atoms with Crippen LogP contribution < -0.4 is 15.4 Å². The Morgan fingerprint density at radius 2 is 1.54 bits per heavy atom. The van der Waals surface area contributed by atoms with Gasteiger partial charge in [-0.15, -0.1) is 0 Å². The molecule has 1 amide bonds. The minimum atomic E-state index is -3.55. The molecule has 0 aliphatic heterocycles. The van der Waals surface area contributed by atoms with Gasteiger partial charge in [-0.25, -0.2) is 13.1 Å². The minimum Gasteiger partial charge on any atom is -0.374 e. The van der Waals surface area contributed by atoms with Crippen LogP contribution in [0, 0.1) is 0 Å². The fraction of sp³-hybridized carbons (Fsp3) is 0.381. The molecule has 0 saturated carbocycles. The van der Waals surface area contributed by atoms with E-state index in [1.807, 2.05) is 18.2 Å².